The summed E-state index contributed by atoms with van der Waals surface area (Å²) in [5.41, 5.74) is 3.11. The number of nitrogens with one attached hydrogen (secondary N) is 1. The minimum atomic E-state index is 0.738. The summed E-state index contributed by atoms with van der Waals surface area (Å²) in [7, 11) is 1.67. The van der Waals surface area contributed by atoms with Crippen molar-refractivity contribution in [3.8, 4) is 11.4 Å². The fourth-order valence-corrected chi connectivity index (χ4v) is 3.39. The van der Waals surface area contributed by atoms with Crippen LogP contribution in [0.2, 0.25) is 0 Å². The quantitative estimate of drug-likeness (QED) is 0.559. The second-order valence-electron chi connectivity index (χ2n) is 5.27. The average molecular weight is 336 g/mol. The third-order valence-corrected chi connectivity index (χ3v) is 4.71. The summed E-state index contributed by atoms with van der Waals surface area (Å²) >= 11 is 1.65. The van der Waals surface area contributed by atoms with E-state index in [4.69, 9.17) is 4.74 Å². The van der Waals surface area contributed by atoms with Gasteiger partial charge in [0.05, 0.1) is 23.9 Å². The molecule has 5 nitrogen and oxygen atoms in total. The zero-order valence-electron chi connectivity index (χ0n) is 13.1. The van der Waals surface area contributed by atoms with Crippen LogP contribution in [0, 0.1) is 0 Å². The Hall–Kier alpha value is -2.73. The molecule has 24 heavy (non-hydrogen) atoms. The number of rotatable bonds is 5. The molecule has 0 fully saturated rings. The second-order valence-corrected chi connectivity index (χ2v) is 6.21. The number of aromatic amines is 1. The Morgan fingerprint density at radius 1 is 1.12 bits per heavy atom. The Morgan fingerprint density at radius 2 is 1.96 bits per heavy atom. The van der Waals surface area contributed by atoms with E-state index in [1.807, 2.05) is 60.9 Å². The molecule has 6 heteroatoms. The predicted molar refractivity (Wildman–Crippen MR) is 95.8 cm³/mol. The Balaban J connectivity index is 1.53. The maximum atomic E-state index is 5.21. The lowest BCUT2D eigenvalue weighted by molar-refractivity contribution is 0.414. The van der Waals surface area contributed by atoms with Gasteiger partial charge in [0.25, 0.3) is 0 Å². The van der Waals surface area contributed by atoms with Crippen molar-refractivity contribution in [3.63, 3.8) is 0 Å². The number of para-hydroxylation sites is 2. The van der Waals surface area contributed by atoms with Gasteiger partial charge < -0.3 is 9.72 Å². The number of ether oxygens (including phenoxy) is 1. The highest BCUT2D eigenvalue weighted by Gasteiger charge is 2.08. The van der Waals surface area contributed by atoms with Gasteiger partial charge in [-0.05, 0) is 36.4 Å². The van der Waals surface area contributed by atoms with E-state index in [1.165, 1.54) is 0 Å². The van der Waals surface area contributed by atoms with E-state index in [0.717, 1.165) is 39.2 Å². The molecule has 0 aliphatic carbocycles. The SMILES string of the molecule is COc1ccc(-n2ccnc2SCc2nc3ccccc3[nH]2)cc1. The van der Waals surface area contributed by atoms with Gasteiger partial charge in [0.15, 0.2) is 5.16 Å². The smallest absolute Gasteiger partial charge is 0.173 e. The van der Waals surface area contributed by atoms with E-state index in [-0.39, 0.29) is 0 Å². The molecular formula is C18H16N4OS. The van der Waals surface area contributed by atoms with Crippen LogP contribution in [0.3, 0.4) is 0 Å². The first kappa shape index (κ1) is 14.8. The number of methoxy groups -OCH3 is 1. The number of hydrogen-bond donors (Lipinski definition) is 1. The molecule has 0 atom stereocenters. The van der Waals surface area contributed by atoms with Gasteiger partial charge in [-0.2, -0.15) is 0 Å². The van der Waals surface area contributed by atoms with Crippen LogP contribution in [0.1, 0.15) is 5.82 Å². The maximum absolute atomic E-state index is 5.21. The monoisotopic (exact) mass is 336 g/mol. The van der Waals surface area contributed by atoms with Gasteiger partial charge in [0, 0.05) is 18.1 Å². The summed E-state index contributed by atoms with van der Waals surface area (Å²) < 4.78 is 7.27. The molecule has 2 aromatic carbocycles. The van der Waals surface area contributed by atoms with E-state index in [0.29, 0.717) is 0 Å². The number of nitrogens with zero attached hydrogens (tertiary/aromatic N) is 3. The summed E-state index contributed by atoms with van der Waals surface area (Å²) in [6.45, 7) is 0. The molecule has 0 unspecified atom stereocenters. The number of fused-ring (bicyclic) bond motifs is 1. The van der Waals surface area contributed by atoms with Crippen molar-refractivity contribution >= 4 is 22.8 Å². The van der Waals surface area contributed by atoms with Crippen molar-refractivity contribution in [1.82, 2.24) is 19.5 Å². The fraction of sp³-hybridized carbons (Fsp3) is 0.111. The van der Waals surface area contributed by atoms with Crippen molar-refractivity contribution in [1.29, 1.82) is 0 Å². The van der Waals surface area contributed by atoms with E-state index < -0.39 is 0 Å². The van der Waals surface area contributed by atoms with E-state index in [1.54, 1.807) is 18.9 Å². The molecule has 0 saturated heterocycles. The molecule has 2 aromatic heterocycles. The summed E-state index contributed by atoms with van der Waals surface area (Å²) in [5, 5.41) is 0.931. The predicted octanol–water partition coefficient (Wildman–Crippen LogP) is 4.05. The number of aromatic nitrogens is 4. The van der Waals surface area contributed by atoms with Gasteiger partial charge in [-0.25, -0.2) is 9.97 Å². The summed E-state index contributed by atoms with van der Waals surface area (Å²) in [4.78, 5) is 12.4. The molecule has 0 aliphatic heterocycles. The van der Waals surface area contributed by atoms with E-state index >= 15 is 0 Å². The van der Waals surface area contributed by atoms with Gasteiger partial charge in [-0.15, -0.1) is 0 Å². The molecule has 0 spiro atoms. The van der Waals surface area contributed by atoms with Gasteiger partial charge in [0.2, 0.25) is 0 Å². The summed E-state index contributed by atoms with van der Waals surface area (Å²) in [6.07, 6.45) is 3.77. The van der Waals surface area contributed by atoms with Gasteiger partial charge in [0.1, 0.15) is 11.6 Å². The van der Waals surface area contributed by atoms with Crippen LogP contribution in [-0.4, -0.2) is 26.6 Å². The van der Waals surface area contributed by atoms with E-state index in [9.17, 15) is 0 Å². The van der Waals surface area contributed by atoms with Crippen molar-refractivity contribution in [2.75, 3.05) is 7.11 Å². The van der Waals surface area contributed by atoms with Crippen molar-refractivity contribution in [2.45, 2.75) is 10.9 Å². The molecule has 0 bridgehead atoms. The first-order valence-corrected chi connectivity index (χ1v) is 8.56. The molecule has 4 rings (SSSR count). The Bertz CT molecular complexity index is 925. The molecule has 1 N–H and O–H groups in total. The zero-order chi connectivity index (χ0) is 16.4. The Kier molecular flexibility index (Phi) is 3.96. The van der Waals surface area contributed by atoms with Crippen LogP contribution in [0.15, 0.2) is 66.1 Å². The first-order chi connectivity index (χ1) is 11.8. The lowest BCUT2D eigenvalue weighted by Gasteiger charge is -2.07. The normalized spacial score (nSPS) is 11.0. The number of H-pyrrole nitrogens is 1. The van der Waals surface area contributed by atoms with Crippen LogP contribution in [0.4, 0.5) is 0 Å². The Morgan fingerprint density at radius 3 is 2.75 bits per heavy atom. The minimum Gasteiger partial charge on any atom is -0.497 e. The zero-order valence-corrected chi connectivity index (χ0v) is 14.0. The van der Waals surface area contributed by atoms with Crippen molar-refractivity contribution < 1.29 is 4.74 Å². The Labute approximate surface area is 143 Å². The largest absolute Gasteiger partial charge is 0.497 e. The van der Waals surface area contributed by atoms with Gasteiger partial charge >= 0.3 is 0 Å². The molecule has 4 aromatic rings. The van der Waals surface area contributed by atoms with Crippen LogP contribution < -0.4 is 4.74 Å². The highest BCUT2D eigenvalue weighted by molar-refractivity contribution is 7.98. The first-order valence-electron chi connectivity index (χ1n) is 7.58. The molecule has 120 valence electrons. The summed E-state index contributed by atoms with van der Waals surface area (Å²) in [6, 6.07) is 16.0. The highest BCUT2D eigenvalue weighted by atomic mass is 32.2. The third kappa shape index (κ3) is 2.88. The lowest BCUT2D eigenvalue weighted by Crippen LogP contribution is -1.96. The minimum absolute atomic E-state index is 0.738. The van der Waals surface area contributed by atoms with Crippen LogP contribution in [0.5, 0.6) is 5.75 Å². The number of imidazole rings is 2. The topological polar surface area (TPSA) is 55.7 Å². The molecule has 0 aliphatic rings. The van der Waals surface area contributed by atoms with Gasteiger partial charge in [-0.1, -0.05) is 23.9 Å². The van der Waals surface area contributed by atoms with Crippen LogP contribution in [0.25, 0.3) is 16.7 Å². The highest BCUT2D eigenvalue weighted by Crippen LogP contribution is 2.25. The van der Waals surface area contributed by atoms with Crippen LogP contribution in [-0.2, 0) is 5.75 Å². The molecule has 0 amide bonds. The number of hydrogen-bond acceptors (Lipinski definition) is 4. The maximum Gasteiger partial charge on any atom is 0.173 e. The molecule has 0 saturated carbocycles. The third-order valence-electron chi connectivity index (χ3n) is 3.73. The van der Waals surface area contributed by atoms with Gasteiger partial charge in [-0.3, -0.25) is 4.57 Å². The average Bonchev–Trinajstić information content (AvgIpc) is 3.26. The van der Waals surface area contributed by atoms with Crippen molar-refractivity contribution in [3.05, 3.63) is 66.7 Å². The second kappa shape index (κ2) is 6.41. The fourth-order valence-electron chi connectivity index (χ4n) is 2.54. The molecule has 0 radical (unpaired) electrons. The number of benzene rings is 2. The summed E-state index contributed by atoms with van der Waals surface area (Å²) in [5.74, 6) is 2.53. The number of thioether (sulfide) groups is 1. The van der Waals surface area contributed by atoms with E-state index in [2.05, 4.69) is 19.5 Å². The molecule has 2 heterocycles. The van der Waals surface area contributed by atoms with Crippen molar-refractivity contribution in [2.24, 2.45) is 0 Å². The van der Waals surface area contributed by atoms with Crippen LogP contribution >= 0.6 is 11.8 Å². The standard InChI is InChI=1S/C18H16N4OS/c1-23-14-8-6-13(7-9-14)22-11-10-19-18(22)24-12-17-20-15-4-2-3-5-16(15)21-17/h2-11H,12H2,1H3,(H,20,21). The molecular weight excluding hydrogens is 320 g/mol. The lowest BCUT2D eigenvalue weighted by atomic mass is 10.3.